The van der Waals surface area contributed by atoms with Gasteiger partial charge in [-0.05, 0) is 38.1 Å². The Balaban J connectivity index is 2.65. The molecule has 1 aliphatic heterocycles. The Kier molecular flexibility index (Phi) is 5.17. The summed E-state index contributed by atoms with van der Waals surface area (Å²) in [5.74, 6) is 0.114. The molecule has 0 aromatic heterocycles. The van der Waals surface area contributed by atoms with Crippen LogP contribution < -0.4 is 10.6 Å². The lowest BCUT2D eigenvalue weighted by molar-refractivity contribution is -0.132. The Morgan fingerprint density at radius 2 is 2.17 bits per heavy atom. The quantitative estimate of drug-likeness (QED) is 0.710. The molecule has 4 nitrogen and oxygen atoms in total. The molecule has 1 saturated heterocycles. The van der Waals surface area contributed by atoms with Crippen LogP contribution in [0.4, 0.5) is 0 Å². The van der Waals surface area contributed by atoms with Crippen LogP contribution in [-0.2, 0) is 4.79 Å². The maximum Gasteiger partial charge on any atom is 0.227 e. The first-order valence-corrected chi connectivity index (χ1v) is 6.92. The van der Waals surface area contributed by atoms with Crippen LogP contribution in [0, 0.1) is 10.8 Å². The molecule has 0 bridgehead atoms. The third kappa shape index (κ3) is 3.95. The Morgan fingerprint density at radius 3 is 2.61 bits per heavy atom. The van der Waals surface area contributed by atoms with Crippen LogP contribution in [0.25, 0.3) is 0 Å². The highest BCUT2D eigenvalue weighted by atomic mass is 16.3. The third-order valence-corrected chi connectivity index (χ3v) is 3.91. The topological polar surface area (TPSA) is 61.4 Å². The third-order valence-electron chi connectivity index (χ3n) is 3.91. The van der Waals surface area contributed by atoms with Crippen LogP contribution in [-0.4, -0.2) is 36.8 Å². The average Bonchev–Trinajstić information content (AvgIpc) is 2.28. The van der Waals surface area contributed by atoms with Crippen molar-refractivity contribution in [2.75, 3.05) is 19.7 Å². The summed E-state index contributed by atoms with van der Waals surface area (Å²) in [5.41, 5.74) is -0.339. The van der Waals surface area contributed by atoms with Crippen molar-refractivity contribution in [3.63, 3.8) is 0 Å². The molecule has 0 aromatic carbocycles. The molecule has 18 heavy (non-hydrogen) atoms. The number of carbonyl (C=O) groups is 1. The van der Waals surface area contributed by atoms with Crippen molar-refractivity contribution in [3.8, 4) is 0 Å². The van der Waals surface area contributed by atoms with E-state index in [4.69, 9.17) is 5.11 Å². The van der Waals surface area contributed by atoms with E-state index in [0.29, 0.717) is 6.42 Å². The number of piperidine rings is 1. The summed E-state index contributed by atoms with van der Waals surface area (Å²) < 4.78 is 0. The molecule has 1 heterocycles. The van der Waals surface area contributed by atoms with Gasteiger partial charge in [-0.2, -0.15) is 0 Å². The maximum absolute atomic E-state index is 12.4. The van der Waals surface area contributed by atoms with Gasteiger partial charge in [-0.3, -0.25) is 4.79 Å². The standard InChI is InChI=1S/C14H28N2O2/c1-13(2,3)11(6-9-17)16-12(18)14(4)7-5-8-15-10-14/h11,15,17H,5-10H2,1-4H3,(H,16,18). The molecule has 3 N–H and O–H groups in total. The Bertz CT molecular complexity index is 278. The van der Waals surface area contributed by atoms with Crippen molar-refractivity contribution in [2.24, 2.45) is 10.8 Å². The van der Waals surface area contributed by atoms with E-state index in [1.807, 2.05) is 6.92 Å². The fourth-order valence-corrected chi connectivity index (χ4v) is 2.43. The molecule has 0 saturated carbocycles. The van der Waals surface area contributed by atoms with Crippen LogP contribution >= 0.6 is 0 Å². The molecular formula is C14H28N2O2. The first-order valence-electron chi connectivity index (χ1n) is 6.92. The lowest BCUT2D eigenvalue weighted by atomic mass is 9.79. The van der Waals surface area contributed by atoms with Crippen LogP contribution in [0.2, 0.25) is 0 Å². The van der Waals surface area contributed by atoms with Crippen molar-refractivity contribution < 1.29 is 9.90 Å². The largest absolute Gasteiger partial charge is 0.396 e. The lowest BCUT2D eigenvalue weighted by Gasteiger charge is -2.37. The molecule has 1 aliphatic rings. The first-order chi connectivity index (χ1) is 8.29. The van der Waals surface area contributed by atoms with Gasteiger partial charge in [-0.25, -0.2) is 0 Å². The number of hydrogen-bond acceptors (Lipinski definition) is 3. The van der Waals surface area contributed by atoms with Gasteiger partial charge in [0.15, 0.2) is 0 Å². The number of aliphatic hydroxyl groups is 1. The van der Waals surface area contributed by atoms with Crippen molar-refractivity contribution in [3.05, 3.63) is 0 Å². The number of nitrogens with one attached hydrogen (secondary N) is 2. The average molecular weight is 256 g/mol. The zero-order valence-corrected chi connectivity index (χ0v) is 12.2. The molecule has 0 aromatic rings. The molecular weight excluding hydrogens is 228 g/mol. The van der Waals surface area contributed by atoms with Gasteiger partial charge in [0.25, 0.3) is 0 Å². The molecule has 2 unspecified atom stereocenters. The second kappa shape index (κ2) is 6.02. The van der Waals surface area contributed by atoms with E-state index in [0.717, 1.165) is 25.9 Å². The molecule has 0 aliphatic carbocycles. The summed E-state index contributed by atoms with van der Waals surface area (Å²) in [6.07, 6.45) is 2.59. The smallest absolute Gasteiger partial charge is 0.227 e. The zero-order valence-electron chi connectivity index (χ0n) is 12.2. The fraction of sp³-hybridized carbons (Fsp3) is 0.929. The summed E-state index contributed by atoms with van der Waals surface area (Å²) >= 11 is 0. The van der Waals surface area contributed by atoms with E-state index in [1.165, 1.54) is 0 Å². The highest BCUT2D eigenvalue weighted by molar-refractivity contribution is 5.83. The minimum atomic E-state index is -0.308. The summed E-state index contributed by atoms with van der Waals surface area (Å²) in [4.78, 5) is 12.4. The minimum absolute atomic E-state index is 0.0220. The van der Waals surface area contributed by atoms with Crippen molar-refractivity contribution in [1.82, 2.24) is 10.6 Å². The predicted octanol–water partition coefficient (Wildman–Crippen LogP) is 1.29. The van der Waals surface area contributed by atoms with Gasteiger partial charge in [-0.15, -0.1) is 0 Å². The molecule has 1 rings (SSSR count). The van der Waals surface area contributed by atoms with Crippen LogP contribution in [0.3, 0.4) is 0 Å². The van der Waals surface area contributed by atoms with Gasteiger partial charge < -0.3 is 15.7 Å². The van der Waals surface area contributed by atoms with Crippen molar-refractivity contribution in [2.45, 2.75) is 53.0 Å². The first kappa shape index (κ1) is 15.4. The Hall–Kier alpha value is -0.610. The monoisotopic (exact) mass is 256 g/mol. The fourth-order valence-electron chi connectivity index (χ4n) is 2.43. The number of hydrogen-bond donors (Lipinski definition) is 3. The summed E-state index contributed by atoms with van der Waals surface area (Å²) in [5, 5.41) is 15.5. The molecule has 4 heteroatoms. The van der Waals surface area contributed by atoms with E-state index in [9.17, 15) is 4.79 Å². The second-order valence-electron chi connectivity index (χ2n) is 6.75. The van der Waals surface area contributed by atoms with Crippen LogP contribution in [0.1, 0.15) is 47.0 Å². The summed E-state index contributed by atoms with van der Waals surface area (Å²) in [7, 11) is 0. The lowest BCUT2D eigenvalue weighted by Crippen LogP contribution is -2.54. The number of rotatable bonds is 4. The summed E-state index contributed by atoms with van der Waals surface area (Å²) in [6, 6.07) is 0.0220. The van der Waals surface area contributed by atoms with E-state index >= 15 is 0 Å². The van der Waals surface area contributed by atoms with Crippen molar-refractivity contribution >= 4 is 5.91 Å². The van der Waals surface area contributed by atoms with E-state index < -0.39 is 0 Å². The van der Waals surface area contributed by atoms with Gasteiger partial charge in [-0.1, -0.05) is 20.8 Å². The summed E-state index contributed by atoms with van der Waals surface area (Å²) in [6.45, 7) is 10.2. The van der Waals surface area contributed by atoms with Gasteiger partial charge in [0.05, 0.1) is 5.41 Å². The normalized spacial score (nSPS) is 26.7. The molecule has 0 radical (unpaired) electrons. The number of amides is 1. The van der Waals surface area contributed by atoms with Gasteiger partial charge in [0.2, 0.25) is 5.91 Å². The SMILES string of the molecule is CC1(C(=O)NC(CCO)C(C)(C)C)CCCNC1. The maximum atomic E-state index is 12.4. The highest BCUT2D eigenvalue weighted by Gasteiger charge is 2.37. The second-order valence-corrected chi connectivity index (χ2v) is 6.75. The van der Waals surface area contributed by atoms with Crippen LogP contribution in [0.5, 0.6) is 0 Å². The van der Waals surface area contributed by atoms with Gasteiger partial charge in [0.1, 0.15) is 0 Å². The predicted molar refractivity (Wildman–Crippen MR) is 73.3 cm³/mol. The minimum Gasteiger partial charge on any atom is -0.396 e. The molecule has 106 valence electrons. The van der Waals surface area contributed by atoms with Gasteiger partial charge >= 0.3 is 0 Å². The van der Waals surface area contributed by atoms with Crippen LogP contribution in [0.15, 0.2) is 0 Å². The van der Waals surface area contributed by atoms with E-state index in [-0.39, 0.29) is 29.4 Å². The molecule has 1 fully saturated rings. The molecule has 2 atom stereocenters. The van der Waals surface area contributed by atoms with Crippen molar-refractivity contribution in [1.29, 1.82) is 0 Å². The zero-order chi connectivity index (χ0) is 13.8. The van der Waals surface area contributed by atoms with E-state index in [2.05, 4.69) is 31.4 Å². The molecule has 1 amide bonds. The Morgan fingerprint density at radius 1 is 1.50 bits per heavy atom. The van der Waals surface area contributed by atoms with Gasteiger partial charge in [0, 0.05) is 19.2 Å². The Labute approximate surface area is 111 Å². The number of carbonyl (C=O) groups excluding carboxylic acids is 1. The highest BCUT2D eigenvalue weighted by Crippen LogP contribution is 2.28. The molecule has 0 spiro atoms. The van der Waals surface area contributed by atoms with E-state index in [1.54, 1.807) is 0 Å². The number of aliphatic hydroxyl groups excluding tert-OH is 1.